The van der Waals surface area contributed by atoms with E-state index in [1.54, 1.807) is 13.1 Å². The summed E-state index contributed by atoms with van der Waals surface area (Å²) < 4.78 is 0.664. The number of amides is 1. The van der Waals surface area contributed by atoms with Crippen molar-refractivity contribution in [2.75, 3.05) is 17.3 Å². The molecule has 0 fully saturated rings. The number of nitrogens with zero attached hydrogens (tertiary/aromatic N) is 2. The number of nitrogens with two attached hydrogens (primary N) is 1. The first-order chi connectivity index (χ1) is 8.58. The molecular weight excluding hydrogens is 300 g/mol. The molecule has 0 saturated heterocycles. The smallest absolute Gasteiger partial charge is 0.242 e. The van der Waals surface area contributed by atoms with E-state index in [1.807, 2.05) is 6.92 Å². The molecule has 0 aliphatic carbocycles. The number of hydrogen-bond donors (Lipinski definition) is 4. The summed E-state index contributed by atoms with van der Waals surface area (Å²) in [5.74, 6) is 5.94. The van der Waals surface area contributed by atoms with E-state index in [1.165, 1.54) is 0 Å². The van der Waals surface area contributed by atoms with Crippen molar-refractivity contribution in [1.29, 1.82) is 0 Å². The minimum atomic E-state index is -0.395. The Kier molecular flexibility index (Phi) is 5.79. The van der Waals surface area contributed by atoms with Crippen molar-refractivity contribution in [2.45, 2.75) is 26.3 Å². The largest absolute Gasteiger partial charge is 0.358 e. The number of nitrogens with one attached hydrogen (secondary N) is 3. The van der Waals surface area contributed by atoms with E-state index < -0.39 is 6.04 Å². The van der Waals surface area contributed by atoms with Crippen LogP contribution in [0.5, 0.6) is 0 Å². The van der Waals surface area contributed by atoms with Crippen LogP contribution in [0.4, 0.5) is 11.8 Å². The second kappa shape index (κ2) is 7.12. The molecule has 1 aromatic heterocycles. The van der Waals surface area contributed by atoms with Crippen LogP contribution >= 0.6 is 15.9 Å². The van der Waals surface area contributed by atoms with Crippen molar-refractivity contribution in [2.24, 2.45) is 5.84 Å². The van der Waals surface area contributed by atoms with Crippen LogP contribution in [0, 0.1) is 0 Å². The molecule has 0 spiro atoms. The third kappa shape index (κ3) is 4.11. The van der Waals surface area contributed by atoms with Crippen LogP contribution in [0.15, 0.2) is 10.7 Å². The topological polar surface area (TPSA) is 105 Å². The molecule has 0 aliphatic rings. The number of aromatic nitrogens is 2. The van der Waals surface area contributed by atoms with E-state index in [-0.39, 0.29) is 11.9 Å². The van der Waals surface area contributed by atoms with E-state index in [4.69, 9.17) is 5.84 Å². The maximum atomic E-state index is 11.7. The molecule has 18 heavy (non-hydrogen) atoms. The number of nitrogen functional groups attached to an aromatic ring is 1. The fraction of sp³-hybridized carbons (Fsp3) is 0.500. The number of carbonyl (C=O) groups is 1. The van der Waals surface area contributed by atoms with Crippen LogP contribution in [0.1, 0.15) is 20.3 Å². The SMILES string of the molecule is CCCNC(=O)C(C)Nc1nc(NN)ncc1Br. The zero-order valence-corrected chi connectivity index (χ0v) is 11.9. The molecule has 7 nitrogen and oxygen atoms in total. The van der Waals surface area contributed by atoms with Gasteiger partial charge >= 0.3 is 0 Å². The van der Waals surface area contributed by atoms with Gasteiger partial charge in [0.2, 0.25) is 11.9 Å². The maximum Gasteiger partial charge on any atom is 0.242 e. The van der Waals surface area contributed by atoms with Gasteiger partial charge in [0.15, 0.2) is 0 Å². The molecule has 1 amide bonds. The summed E-state index contributed by atoms with van der Waals surface area (Å²) in [4.78, 5) is 19.7. The van der Waals surface area contributed by atoms with Gasteiger partial charge in [-0.1, -0.05) is 6.92 Å². The summed E-state index contributed by atoms with van der Waals surface area (Å²) in [6, 6.07) is -0.395. The molecule has 8 heteroatoms. The molecule has 1 heterocycles. The van der Waals surface area contributed by atoms with Gasteiger partial charge in [0.1, 0.15) is 11.9 Å². The monoisotopic (exact) mass is 316 g/mol. The quantitative estimate of drug-likeness (QED) is 0.458. The predicted molar refractivity (Wildman–Crippen MR) is 73.9 cm³/mol. The van der Waals surface area contributed by atoms with Gasteiger partial charge in [-0.05, 0) is 29.3 Å². The molecule has 0 radical (unpaired) electrons. The fourth-order valence-electron chi connectivity index (χ4n) is 1.21. The summed E-state index contributed by atoms with van der Waals surface area (Å²) in [5.41, 5.74) is 2.35. The van der Waals surface area contributed by atoms with Crippen molar-refractivity contribution < 1.29 is 4.79 Å². The van der Waals surface area contributed by atoms with E-state index in [2.05, 4.69) is 42.0 Å². The van der Waals surface area contributed by atoms with Crippen LogP contribution in [0.3, 0.4) is 0 Å². The number of rotatable bonds is 6. The molecule has 0 bridgehead atoms. The molecule has 100 valence electrons. The highest BCUT2D eigenvalue weighted by Crippen LogP contribution is 2.20. The highest BCUT2D eigenvalue weighted by Gasteiger charge is 2.14. The van der Waals surface area contributed by atoms with Gasteiger partial charge in [0.25, 0.3) is 0 Å². The lowest BCUT2D eigenvalue weighted by Crippen LogP contribution is -2.38. The average molecular weight is 317 g/mol. The van der Waals surface area contributed by atoms with Crippen LogP contribution in [0.25, 0.3) is 0 Å². The summed E-state index contributed by atoms with van der Waals surface area (Å²) in [6.07, 6.45) is 2.46. The third-order valence-corrected chi connectivity index (χ3v) is 2.75. The van der Waals surface area contributed by atoms with Crippen molar-refractivity contribution in [1.82, 2.24) is 15.3 Å². The number of hydrogen-bond acceptors (Lipinski definition) is 6. The Morgan fingerprint density at radius 3 is 2.94 bits per heavy atom. The molecular formula is C10H17BrN6O. The molecule has 1 atom stereocenters. The number of hydrazine groups is 1. The molecule has 1 rings (SSSR count). The van der Waals surface area contributed by atoms with Crippen LogP contribution in [0.2, 0.25) is 0 Å². The van der Waals surface area contributed by atoms with Crippen LogP contribution in [-0.2, 0) is 4.79 Å². The van der Waals surface area contributed by atoms with Gasteiger partial charge < -0.3 is 10.6 Å². The summed E-state index contributed by atoms with van der Waals surface area (Å²) in [7, 11) is 0. The summed E-state index contributed by atoms with van der Waals surface area (Å²) in [5, 5.41) is 5.79. The minimum Gasteiger partial charge on any atom is -0.358 e. The van der Waals surface area contributed by atoms with E-state index in [0.717, 1.165) is 6.42 Å². The van der Waals surface area contributed by atoms with Gasteiger partial charge in [-0.15, -0.1) is 0 Å². The fourth-order valence-corrected chi connectivity index (χ4v) is 1.52. The summed E-state index contributed by atoms with van der Waals surface area (Å²) in [6.45, 7) is 4.42. The Bertz CT molecular complexity index is 413. The third-order valence-electron chi connectivity index (χ3n) is 2.17. The lowest BCUT2D eigenvalue weighted by atomic mass is 10.3. The summed E-state index contributed by atoms with van der Waals surface area (Å²) >= 11 is 3.30. The van der Waals surface area contributed by atoms with Crippen molar-refractivity contribution in [3.63, 3.8) is 0 Å². The van der Waals surface area contributed by atoms with Gasteiger partial charge in [0.05, 0.1) is 4.47 Å². The minimum absolute atomic E-state index is 0.0791. The predicted octanol–water partition coefficient (Wildman–Crippen LogP) is 0.851. The Labute approximate surface area is 114 Å². The highest BCUT2D eigenvalue weighted by atomic mass is 79.9. The number of halogens is 1. The second-order valence-corrected chi connectivity index (χ2v) is 4.55. The Hall–Kier alpha value is -1.41. The molecule has 0 aromatic carbocycles. The Morgan fingerprint density at radius 2 is 2.33 bits per heavy atom. The molecule has 1 aromatic rings. The Morgan fingerprint density at radius 1 is 1.61 bits per heavy atom. The normalized spacial score (nSPS) is 11.8. The number of anilines is 2. The lowest BCUT2D eigenvalue weighted by molar-refractivity contribution is -0.121. The second-order valence-electron chi connectivity index (χ2n) is 3.69. The van der Waals surface area contributed by atoms with E-state index >= 15 is 0 Å². The highest BCUT2D eigenvalue weighted by molar-refractivity contribution is 9.10. The first kappa shape index (κ1) is 14.7. The van der Waals surface area contributed by atoms with Gasteiger partial charge in [0, 0.05) is 12.7 Å². The van der Waals surface area contributed by atoms with Crippen molar-refractivity contribution in [3.8, 4) is 0 Å². The maximum absolute atomic E-state index is 11.7. The van der Waals surface area contributed by atoms with Crippen LogP contribution < -0.4 is 21.9 Å². The molecule has 1 unspecified atom stereocenters. The lowest BCUT2D eigenvalue weighted by Gasteiger charge is -2.15. The molecule has 0 saturated carbocycles. The zero-order valence-electron chi connectivity index (χ0n) is 10.3. The Balaban J connectivity index is 2.68. The average Bonchev–Trinajstić information content (AvgIpc) is 2.38. The van der Waals surface area contributed by atoms with E-state index in [9.17, 15) is 4.79 Å². The first-order valence-corrected chi connectivity index (χ1v) is 6.41. The molecule has 5 N–H and O–H groups in total. The standard InChI is InChI=1S/C10H17BrN6O/c1-3-4-13-9(18)6(2)15-8-7(11)5-14-10(16-8)17-12/h5-6H,3-4,12H2,1-2H3,(H,13,18)(H2,14,15,16,17). The van der Waals surface area contributed by atoms with Gasteiger partial charge in [-0.2, -0.15) is 4.98 Å². The number of carbonyl (C=O) groups excluding carboxylic acids is 1. The van der Waals surface area contributed by atoms with Crippen molar-refractivity contribution in [3.05, 3.63) is 10.7 Å². The molecule has 0 aliphatic heterocycles. The van der Waals surface area contributed by atoms with Crippen molar-refractivity contribution >= 4 is 33.6 Å². The van der Waals surface area contributed by atoms with Crippen LogP contribution in [-0.4, -0.2) is 28.5 Å². The first-order valence-electron chi connectivity index (χ1n) is 5.61. The van der Waals surface area contributed by atoms with E-state index in [0.29, 0.717) is 16.8 Å². The zero-order chi connectivity index (χ0) is 13.5. The van der Waals surface area contributed by atoms with Gasteiger partial charge in [-0.3, -0.25) is 10.2 Å². The van der Waals surface area contributed by atoms with Gasteiger partial charge in [-0.25, -0.2) is 10.8 Å².